The van der Waals surface area contributed by atoms with Crippen LogP contribution in [0.15, 0.2) is 0 Å². The second-order valence-electron chi connectivity index (χ2n) is 6.06. The molecule has 1 aliphatic heterocycles. The summed E-state index contributed by atoms with van der Waals surface area (Å²) in [5.74, 6) is 1.02. The number of aromatic nitrogens is 2. The van der Waals surface area contributed by atoms with E-state index in [1.807, 2.05) is 6.92 Å². The van der Waals surface area contributed by atoms with Crippen molar-refractivity contribution in [3.05, 3.63) is 11.0 Å². The molecule has 110 valence electrons. The van der Waals surface area contributed by atoms with Gasteiger partial charge in [-0.25, -0.2) is 4.98 Å². The molecule has 1 saturated carbocycles. The van der Waals surface area contributed by atoms with Gasteiger partial charge in [0.1, 0.15) is 0 Å². The lowest BCUT2D eigenvalue weighted by Crippen LogP contribution is -2.53. The average molecular weight is 297 g/mol. The molecule has 0 amide bonds. The molecule has 2 unspecified atom stereocenters. The number of piperidine rings is 1. The molecule has 3 rings (SSSR count). The lowest BCUT2D eigenvalue weighted by atomic mass is 9.71. The number of nitrogens with two attached hydrogens (primary N) is 1. The number of anilines is 2. The quantitative estimate of drug-likeness (QED) is 0.777. The predicted octanol–water partition coefficient (Wildman–Crippen LogP) is 2.15. The standard InChI is InChI=1S/C14H21ClN4O/c1-9-11(16)12(18-13(15)17-9)19-7-6-14(20)5-3-2-4-10(14)8-19/h10,20H,2-8,16H2,1H3. The predicted molar refractivity (Wildman–Crippen MR) is 79.9 cm³/mol. The third-order valence-electron chi connectivity index (χ3n) is 4.82. The summed E-state index contributed by atoms with van der Waals surface area (Å²) in [7, 11) is 0. The van der Waals surface area contributed by atoms with E-state index in [9.17, 15) is 5.11 Å². The van der Waals surface area contributed by atoms with Crippen LogP contribution < -0.4 is 10.6 Å². The first-order valence-electron chi connectivity index (χ1n) is 7.26. The fourth-order valence-corrected chi connectivity index (χ4v) is 3.74. The van der Waals surface area contributed by atoms with Gasteiger partial charge in [0, 0.05) is 19.0 Å². The lowest BCUT2D eigenvalue weighted by Gasteiger charge is -2.47. The summed E-state index contributed by atoms with van der Waals surface area (Å²) in [5.41, 5.74) is 6.91. The minimum Gasteiger partial charge on any atom is -0.394 e. The van der Waals surface area contributed by atoms with Crippen molar-refractivity contribution in [2.45, 2.75) is 44.6 Å². The molecule has 20 heavy (non-hydrogen) atoms. The third kappa shape index (κ3) is 2.33. The van der Waals surface area contributed by atoms with Crippen LogP contribution in [0.2, 0.25) is 5.28 Å². The van der Waals surface area contributed by atoms with E-state index in [-0.39, 0.29) is 5.28 Å². The second kappa shape index (κ2) is 5.04. The summed E-state index contributed by atoms with van der Waals surface area (Å²) in [5, 5.41) is 11.0. The van der Waals surface area contributed by atoms with E-state index in [0.717, 1.165) is 44.6 Å². The first-order valence-corrected chi connectivity index (χ1v) is 7.64. The molecule has 6 heteroatoms. The van der Waals surface area contributed by atoms with Crippen molar-refractivity contribution in [2.24, 2.45) is 5.92 Å². The van der Waals surface area contributed by atoms with Crippen molar-refractivity contribution in [1.29, 1.82) is 0 Å². The third-order valence-corrected chi connectivity index (χ3v) is 4.98. The zero-order chi connectivity index (χ0) is 14.3. The lowest BCUT2D eigenvalue weighted by molar-refractivity contribution is -0.0613. The Kier molecular flexibility index (Phi) is 3.50. The van der Waals surface area contributed by atoms with Gasteiger partial charge in [-0.05, 0) is 37.8 Å². The molecule has 0 spiro atoms. The summed E-state index contributed by atoms with van der Waals surface area (Å²) < 4.78 is 0. The molecule has 1 aromatic heterocycles. The average Bonchev–Trinajstić information content (AvgIpc) is 2.42. The highest BCUT2D eigenvalue weighted by molar-refractivity contribution is 6.28. The molecule has 2 fully saturated rings. The molecule has 2 heterocycles. The van der Waals surface area contributed by atoms with Crippen molar-refractivity contribution in [2.75, 3.05) is 23.7 Å². The van der Waals surface area contributed by atoms with Gasteiger partial charge in [0.25, 0.3) is 0 Å². The number of aryl methyl sites for hydroxylation is 1. The molecule has 5 nitrogen and oxygen atoms in total. The van der Waals surface area contributed by atoms with E-state index >= 15 is 0 Å². The van der Waals surface area contributed by atoms with Crippen molar-refractivity contribution < 1.29 is 5.11 Å². The molecular formula is C14H21ClN4O. The number of halogens is 1. The van der Waals surface area contributed by atoms with Gasteiger partial charge in [0.15, 0.2) is 5.82 Å². The van der Waals surface area contributed by atoms with Crippen LogP contribution in [0.4, 0.5) is 11.5 Å². The maximum absolute atomic E-state index is 10.7. The van der Waals surface area contributed by atoms with E-state index in [2.05, 4.69) is 14.9 Å². The van der Waals surface area contributed by atoms with Crippen molar-refractivity contribution >= 4 is 23.1 Å². The first-order chi connectivity index (χ1) is 9.49. The van der Waals surface area contributed by atoms with Crippen LogP contribution in [0.25, 0.3) is 0 Å². The van der Waals surface area contributed by atoms with Crippen LogP contribution in [-0.4, -0.2) is 33.8 Å². The maximum atomic E-state index is 10.7. The van der Waals surface area contributed by atoms with Crippen molar-refractivity contribution in [1.82, 2.24) is 9.97 Å². The molecule has 0 radical (unpaired) electrons. The molecule has 2 atom stereocenters. The Morgan fingerprint density at radius 2 is 2.15 bits per heavy atom. The molecule has 1 aliphatic carbocycles. The van der Waals surface area contributed by atoms with Crippen molar-refractivity contribution in [3.63, 3.8) is 0 Å². The fraction of sp³-hybridized carbons (Fsp3) is 0.714. The second-order valence-corrected chi connectivity index (χ2v) is 6.40. The van der Waals surface area contributed by atoms with Gasteiger partial charge in [-0.15, -0.1) is 0 Å². The summed E-state index contributed by atoms with van der Waals surface area (Å²) in [4.78, 5) is 10.5. The van der Waals surface area contributed by atoms with E-state index < -0.39 is 5.60 Å². The fourth-order valence-electron chi connectivity index (χ4n) is 3.54. The maximum Gasteiger partial charge on any atom is 0.224 e. The van der Waals surface area contributed by atoms with E-state index in [1.165, 1.54) is 6.42 Å². The molecule has 3 N–H and O–H groups in total. The van der Waals surface area contributed by atoms with Gasteiger partial charge >= 0.3 is 0 Å². The van der Waals surface area contributed by atoms with Gasteiger partial charge in [0.05, 0.1) is 17.0 Å². The molecule has 1 saturated heterocycles. The van der Waals surface area contributed by atoms with Gasteiger partial charge < -0.3 is 15.7 Å². The molecule has 0 bridgehead atoms. The van der Waals surface area contributed by atoms with Gasteiger partial charge in [-0.2, -0.15) is 4.98 Å². The van der Waals surface area contributed by atoms with Crippen LogP contribution in [-0.2, 0) is 0 Å². The zero-order valence-electron chi connectivity index (χ0n) is 11.8. The van der Waals surface area contributed by atoms with Gasteiger partial charge in [-0.1, -0.05) is 12.8 Å². The molecular weight excluding hydrogens is 276 g/mol. The highest BCUT2D eigenvalue weighted by Gasteiger charge is 2.43. The van der Waals surface area contributed by atoms with Crippen LogP contribution in [0.1, 0.15) is 37.8 Å². The number of aliphatic hydroxyl groups is 1. The summed E-state index contributed by atoms with van der Waals surface area (Å²) in [6, 6.07) is 0. The highest BCUT2D eigenvalue weighted by atomic mass is 35.5. The van der Waals surface area contributed by atoms with Crippen LogP contribution >= 0.6 is 11.6 Å². The Bertz CT molecular complexity index is 524. The van der Waals surface area contributed by atoms with Crippen LogP contribution in [0.5, 0.6) is 0 Å². The first kappa shape index (κ1) is 13.9. The summed E-state index contributed by atoms with van der Waals surface area (Å²) in [6.45, 7) is 3.41. The largest absolute Gasteiger partial charge is 0.394 e. The van der Waals surface area contributed by atoms with E-state index in [4.69, 9.17) is 17.3 Å². The Morgan fingerprint density at radius 1 is 1.35 bits per heavy atom. The number of nitrogen functional groups attached to an aromatic ring is 1. The normalized spacial score (nSPS) is 30.1. The minimum absolute atomic E-state index is 0.233. The smallest absolute Gasteiger partial charge is 0.224 e. The number of nitrogens with zero attached hydrogens (tertiary/aromatic N) is 3. The Labute approximate surface area is 124 Å². The van der Waals surface area contributed by atoms with Crippen molar-refractivity contribution in [3.8, 4) is 0 Å². The van der Waals surface area contributed by atoms with Crippen LogP contribution in [0.3, 0.4) is 0 Å². The minimum atomic E-state index is -0.491. The number of rotatable bonds is 1. The Balaban J connectivity index is 1.86. The number of fused-ring (bicyclic) bond motifs is 1. The molecule has 0 aromatic carbocycles. The summed E-state index contributed by atoms with van der Waals surface area (Å²) in [6.07, 6.45) is 5.10. The molecule has 1 aromatic rings. The van der Waals surface area contributed by atoms with E-state index in [1.54, 1.807) is 0 Å². The Hall–Kier alpha value is -1.07. The van der Waals surface area contributed by atoms with E-state index in [0.29, 0.717) is 17.3 Å². The monoisotopic (exact) mass is 296 g/mol. The summed E-state index contributed by atoms with van der Waals surface area (Å²) >= 11 is 5.95. The molecule has 2 aliphatic rings. The Morgan fingerprint density at radius 3 is 2.95 bits per heavy atom. The van der Waals surface area contributed by atoms with Gasteiger partial charge in [-0.3, -0.25) is 0 Å². The number of hydrogen-bond acceptors (Lipinski definition) is 5. The SMILES string of the molecule is Cc1nc(Cl)nc(N2CCC3(O)CCCCC3C2)c1N. The zero-order valence-corrected chi connectivity index (χ0v) is 12.5. The highest BCUT2D eigenvalue weighted by Crippen LogP contribution is 2.41. The van der Waals surface area contributed by atoms with Crippen LogP contribution in [0, 0.1) is 12.8 Å². The topological polar surface area (TPSA) is 75.3 Å². The van der Waals surface area contributed by atoms with Gasteiger partial charge in [0.2, 0.25) is 5.28 Å². The number of hydrogen-bond donors (Lipinski definition) is 2.